The third kappa shape index (κ3) is 5.21. The number of hydrogen-bond acceptors (Lipinski definition) is 5. The number of para-hydroxylation sites is 1. The molecule has 0 bridgehead atoms. The predicted molar refractivity (Wildman–Crippen MR) is 118 cm³/mol. The molecule has 4 rings (SSSR count). The van der Waals surface area contributed by atoms with E-state index < -0.39 is 0 Å². The van der Waals surface area contributed by atoms with Crippen LogP contribution < -0.4 is 9.47 Å². The molecule has 0 fully saturated rings. The Bertz CT molecular complexity index is 1150. The first-order valence-electron chi connectivity index (χ1n) is 9.43. The lowest BCUT2D eigenvalue weighted by Gasteiger charge is -2.06. The van der Waals surface area contributed by atoms with Gasteiger partial charge in [-0.15, -0.1) is 0 Å². The Morgan fingerprint density at radius 1 is 0.833 bits per heavy atom. The smallest absolute Gasteiger partial charge is 0.216 e. The number of aromatic nitrogens is 3. The lowest BCUT2D eigenvalue weighted by molar-refractivity contribution is 0.290. The van der Waals surface area contributed by atoms with Gasteiger partial charge in [-0.05, 0) is 59.7 Å². The standard InChI is InChI=1S/C23H20N4O2S/c30-23-26-25-22(17-29-20-9-5-2-6-10-20)27(23)24-15-18-11-13-21(14-12-18)28-16-19-7-3-1-4-8-19/h1-15H,16-17H2,(H,26,30)/b24-15+. The van der Waals surface area contributed by atoms with Crippen LogP contribution >= 0.6 is 12.2 Å². The Balaban J connectivity index is 1.39. The molecular formula is C23H20N4O2S. The summed E-state index contributed by atoms with van der Waals surface area (Å²) in [5, 5.41) is 11.4. The van der Waals surface area contributed by atoms with Gasteiger partial charge in [-0.25, -0.2) is 5.10 Å². The SMILES string of the molecule is S=c1[nH]nc(COc2ccccc2)n1/N=C/c1ccc(OCc2ccccc2)cc1. The van der Waals surface area contributed by atoms with Gasteiger partial charge in [0, 0.05) is 0 Å². The van der Waals surface area contributed by atoms with Gasteiger partial charge in [0.25, 0.3) is 0 Å². The maximum absolute atomic E-state index is 5.81. The second kappa shape index (κ2) is 9.67. The van der Waals surface area contributed by atoms with E-state index in [9.17, 15) is 0 Å². The largest absolute Gasteiger partial charge is 0.489 e. The molecule has 7 heteroatoms. The van der Waals surface area contributed by atoms with Crippen molar-refractivity contribution in [1.29, 1.82) is 0 Å². The van der Waals surface area contributed by atoms with Crippen molar-refractivity contribution in [2.45, 2.75) is 13.2 Å². The molecule has 3 aromatic carbocycles. The van der Waals surface area contributed by atoms with Gasteiger partial charge in [0.15, 0.2) is 5.82 Å². The van der Waals surface area contributed by atoms with E-state index in [0.29, 0.717) is 17.2 Å². The first-order chi connectivity index (χ1) is 14.8. The maximum atomic E-state index is 5.81. The number of ether oxygens (including phenoxy) is 2. The van der Waals surface area contributed by atoms with E-state index in [1.54, 1.807) is 10.9 Å². The molecule has 150 valence electrons. The van der Waals surface area contributed by atoms with Gasteiger partial charge in [-0.2, -0.15) is 14.9 Å². The van der Waals surface area contributed by atoms with Crippen LogP contribution in [0.1, 0.15) is 17.0 Å². The minimum atomic E-state index is 0.251. The number of H-pyrrole nitrogens is 1. The third-order valence-corrected chi connectivity index (χ3v) is 4.54. The van der Waals surface area contributed by atoms with Crippen LogP contribution in [0, 0.1) is 4.77 Å². The normalized spacial score (nSPS) is 10.9. The van der Waals surface area contributed by atoms with E-state index in [1.165, 1.54) is 0 Å². The Hall–Kier alpha value is -3.71. The van der Waals surface area contributed by atoms with E-state index >= 15 is 0 Å². The van der Waals surface area contributed by atoms with Crippen LogP contribution in [0.4, 0.5) is 0 Å². The monoisotopic (exact) mass is 416 g/mol. The van der Waals surface area contributed by atoms with Gasteiger partial charge >= 0.3 is 0 Å². The average molecular weight is 417 g/mol. The summed E-state index contributed by atoms with van der Waals surface area (Å²) in [6, 6.07) is 27.3. The summed E-state index contributed by atoms with van der Waals surface area (Å²) in [5.41, 5.74) is 2.04. The summed E-state index contributed by atoms with van der Waals surface area (Å²) < 4.78 is 13.5. The summed E-state index contributed by atoms with van der Waals surface area (Å²) in [6.07, 6.45) is 1.72. The second-order valence-electron chi connectivity index (χ2n) is 6.45. The van der Waals surface area contributed by atoms with Crippen molar-refractivity contribution in [3.8, 4) is 11.5 Å². The molecule has 30 heavy (non-hydrogen) atoms. The number of hydrogen-bond donors (Lipinski definition) is 1. The lowest BCUT2D eigenvalue weighted by atomic mass is 10.2. The molecule has 0 aliphatic rings. The Morgan fingerprint density at radius 2 is 1.47 bits per heavy atom. The summed E-state index contributed by atoms with van der Waals surface area (Å²) in [5.74, 6) is 2.14. The molecule has 0 amide bonds. The molecular weight excluding hydrogens is 396 g/mol. The molecule has 0 atom stereocenters. The van der Waals surface area contributed by atoms with Crippen LogP contribution in [-0.4, -0.2) is 21.1 Å². The van der Waals surface area contributed by atoms with Crippen LogP contribution in [0.3, 0.4) is 0 Å². The zero-order chi connectivity index (χ0) is 20.6. The van der Waals surface area contributed by atoms with E-state index in [-0.39, 0.29) is 6.61 Å². The Morgan fingerprint density at radius 3 is 2.20 bits per heavy atom. The van der Waals surface area contributed by atoms with E-state index in [4.69, 9.17) is 21.7 Å². The van der Waals surface area contributed by atoms with Crippen molar-refractivity contribution in [3.05, 3.63) is 107 Å². The molecule has 0 aliphatic heterocycles. The highest BCUT2D eigenvalue weighted by Crippen LogP contribution is 2.14. The number of aromatic amines is 1. The zero-order valence-electron chi connectivity index (χ0n) is 16.1. The lowest BCUT2D eigenvalue weighted by Crippen LogP contribution is -2.04. The van der Waals surface area contributed by atoms with Crippen molar-refractivity contribution in [1.82, 2.24) is 14.9 Å². The molecule has 0 aliphatic carbocycles. The van der Waals surface area contributed by atoms with E-state index in [1.807, 2.05) is 84.9 Å². The highest BCUT2D eigenvalue weighted by Gasteiger charge is 2.06. The number of nitrogens with one attached hydrogen (secondary N) is 1. The van der Waals surface area contributed by atoms with Gasteiger partial charge in [-0.1, -0.05) is 48.5 Å². The fraction of sp³-hybridized carbons (Fsp3) is 0.0870. The quantitative estimate of drug-likeness (QED) is 0.325. The minimum Gasteiger partial charge on any atom is -0.489 e. The predicted octanol–water partition coefficient (Wildman–Crippen LogP) is 4.98. The van der Waals surface area contributed by atoms with Crippen molar-refractivity contribution in [2.24, 2.45) is 5.10 Å². The van der Waals surface area contributed by atoms with Crippen molar-refractivity contribution in [3.63, 3.8) is 0 Å². The molecule has 0 saturated carbocycles. The minimum absolute atomic E-state index is 0.251. The molecule has 6 nitrogen and oxygen atoms in total. The summed E-state index contributed by atoms with van der Waals surface area (Å²) in [4.78, 5) is 0. The molecule has 4 aromatic rings. The van der Waals surface area contributed by atoms with E-state index in [0.717, 1.165) is 22.6 Å². The maximum Gasteiger partial charge on any atom is 0.216 e. The average Bonchev–Trinajstić information content (AvgIpc) is 3.16. The topological polar surface area (TPSA) is 64.4 Å². The highest BCUT2D eigenvalue weighted by atomic mass is 32.1. The number of rotatable bonds is 8. The van der Waals surface area contributed by atoms with Gasteiger partial charge in [0.1, 0.15) is 24.7 Å². The molecule has 0 unspecified atom stereocenters. The first-order valence-corrected chi connectivity index (χ1v) is 9.84. The molecule has 1 N–H and O–H groups in total. The van der Waals surface area contributed by atoms with Gasteiger partial charge in [-0.3, -0.25) is 0 Å². The number of nitrogens with zero attached hydrogens (tertiary/aromatic N) is 3. The van der Waals surface area contributed by atoms with Crippen molar-refractivity contribution >= 4 is 18.4 Å². The van der Waals surface area contributed by atoms with Crippen LogP contribution in [-0.2, 0) is 13.2 Å². The van der Waals surface area contributed by atoms with Crippen LogP contribution in [0.5, 0.6) is 11.5 Å². The summed E-state index contributed by atoms with van der Waals surface area (Å²) >= 11 is 5.28. The molecule has 0 radical (unpaired) electrons. The van der Waals surface area contributed by atoms with E-state index in [2.05, 4.69) is 15.3 Å². The summed E-state index contributed by atoms with van der Waals surface area (Å²) in [7, 11) is 0. The van der Waals surface area contributed by atoms with Gasteiger partial charge in [0.05, 0.1) is 6.21 Å². The highest BCUT2D eigenvalue weighted by molar-refractivity contribution is 7.71. The fourth-order valence-corrected chi connectivity index (χ4v) is 2.91. The Kier molecular flexibility index (Phi) is 6.31. The van der Waals surface area contributed by atoms with Crippen molar-refractivity contribution in [2.75, 3.05) is 0 Å². The van der Waals surface area contributed by atoms with Crippen molar-refractivity contribution < 1.29 is 9.47 Å². The van der Waals surface area contributed by atoms with Crippen LogP contribution in [0.2, 0.25) is 0 Å². The van der Waals surface area contributed by atoms with Gasteiger partial charge < -0.3 is 9.47 Å². The summed E-state index contributed by atoms with van der Waals surface area (Å²) in [6.45, 7) is 0.782. The first kappa shape index (κ1) is 19.6. The van der Waals surface area contributed by atoms with Crippen LogP contribution in [0.15, 0.2) is 90.0 Å². The van der Waals surface area contributed by atoms with Crippen LogP contribution in [0.25, 0.3) is 0 Å². The Labute approximate surface area is 179 Å². The molecule has 0 saturated heterocycles. The molecule has 0 spiro atoms. The van der Waals surface area contributed by atoms with Gasteiger partial charge in [0.2, 0.25) is 4.77 Å². The fourth-order valence-electron chi connectivity index (χ4n) is 2.72. The molecule has 1 heterocycles. The zero-order valence-corrected chi connectivity index (χ0v) is 17.0. The number of benzene rings is 3. The third-order valence-electron chi connectivity index (χ3n) is 4.28. The second-order valence-corrected chi connectivity index (χ2v) is 6.83. The molecule has 1 aromatic heterocycles.